The molecule has 0 radical (unpaired) electrons. The van der Waals surface area contributed by atoms with Crippen molar-refractivity contribution in [3.05, 3.63) is 83.3 Å². The minimum Gasteiger partial charge on any atom is -0.490 e. The monoisotopic (exact) mass is 649 g/mol. The molecule has 29 heavy (non-hydrogen) atoms. The highest BCUT2D eigenvalue weighted by atomic mass is 127. The van der Waals surface area contributed by atoms with Gasteiger partial charge in [-0.15, -0.1) is 0 Å². The Morgan fingerprint density at radius 3 is 2.41 bits per heavy atom. The molecule has 0 unspecified atom stereocenters. The van der Waals surface area contributed by atoms with Crippen molar-refractivity contribution in [2.45, 2.75) is 20.1 Å². The fourth-order valence-electron chi connectivity index (χ4n) is 2.67. The van der Waals surface area contributed by atoms with E-state index in [1.54, 1.807) is 0 Å². The Morgan fingerprint density at radius 2 is 1.72 bits per heavy atom. The summed E-state index contributed by atoms with van der Waals surface area (Å²) >= 11 is 15.3. The number of hydrogen-bond acceptors (Lipinski definition) is 3. The highest BCUT2D eigenvalue weighted by molar-refractivity contribution is 14.1. The van der Waals surface area contributed by atoms with Crippen LogP contribution in [0.2, 0.25) is 5.02 Å². The summed E-state index contributed by atoms with van der Waals surface area (Å²) in [7, 11) is 0. The van der Waals surface area contributed by atoms with Gasteiger partial charge in [-0.3, -0.25) is 0 Å². The highest BCUT2D eigenvalue weighted by Crippen LogP contribution is 2.35. The predicted octanol–water partition coefficient (Wildman–Crippen LogP) is 8.06. The zero-order valence-electron chi connectivity index (χ0n) is 15.6. The summed E-state index contributed by atoms with van der Waals surface area (Å²) in [5.74, 6) is 1.52. The summed E-state index contributed by atoms with van der Waals surface area (Å²) in [5, 5.41) is 4.08. The zero-order chi connectivity index (χ0) is 20.8. The lowest BCUT2D eigenvalue weighted by Gasteiger charge is -2.16. The Bertz CT molecular complexity index is 983. The minimum atomic E-state index is 0.484. The van der Waals surface area contributed by atoms with E-state index >= 15 is 0 Å². The van der Waals surface area contributed by atoms with Crippen LogP contribution in [0.5, 0.6) is 11.5 Å². The molecule has 1 N–H and O–H groups in total. The van der Waals surface area contributed by atoms with Gasteiger partial charge < -0.3 is 14.8 Å². The summed E-state index contributed by atoms with van der Waals surface area (Å²) in [6.07, 6.45) is 0. The van der Waals surface area contributed by atoms with Crippen molar-refractivity contribution in [1.82, 2.24) is 0 Å². The van der Waals surface area contributed by atoms with Gasteiger partial charge in [0.25, 0.3) is 0 Å². The lowest BCUT2D eigenvalue weighted by molar-refractivity contribution is 0.267. The summed E-state index contributed by atoms with van der Waals surface area (Å²) in [6.45, 7) is 3.68. The van der Waals surface area contributed by atoms with Crippen LogP contribution in [0.25, 0.3) is 0 Å². The van der Waals surface area contributed by atoms with Crippen molar-refractivity contribution in [3.8, 4) is 11.5 Å². The number of halogens is 4. The molecule has 3 aromatic carbocycles. The van der Waals surface area contributed by atoms with Gasteiger partial charge in [-0.2, -0.15) is 0 Å². The van der Waals surface area contributed by atoms with E-state index in [1.165, 1.54) is 0 Å². The van der Waals surface area contributed by atoms with Crippen molar-refractivity contribution in [3.63, 3.8) is 0 Å². The van der Waals surface area contributed by atoms with Crippen molar-refractivity contribution in [2.24, 2.45) is 0 Å². The van der Waals surface area contributed by atoms with Crippen LogP contribution in [-0.4, -0.2) is 6.61 Å². The van der Waals surface area contributed by atoms with E-state index in [-0.39, 0.29) is 0 Å². The molecule has 0 bridgehead atoms. The normalized spacial score (nSPS) is 10.7. The number of hydrogen-bond donors (Lipinski definition) is 1. The van der Waals surface area contributed by atoms with Crippen LogP contribution in [0.1, 0.15) is 18.1 Å². The van der Waals surface area contributed by atoms with Gasteiger partial charge in [0.05, 0.1) is 15.2 Å². The number of anilines is 1. The molecule has 0 amide bonds. The fraction of sp³-hybridized carbons (Fsp3) is 0.182. The minimum absolute atomic E-state index is 0.484. The first-order chi connectivity index (χ1) is 14.0. The van der Waals surface area contributed by atoms with Gasteiger partial charge in [0, 0.05) is 21.2 Å². The number of rotatable bonds is 8. The second-order valence-electron chi connectivity index (χ2n) is 6.24. The summed E-state index contributed by atoms with van der Waals surface area (Å²) in [6, 6.07) is 18.0. The third kappa shape index (κ3) is 6.51. The smallest absolute Gasteiger partial charge is 0.174 e. The van der Waals surface area contributed by atoms with E-state index in [0.29, 0.717) is 24.8 Å². The molecule has 0 atom stereocenters. The van der Waals surface area contributed by atoms with Gasteiger partial charge in [-0.05, 0) is 99.0 Å². The largest absolute Gasteiger partial charge is 0.490 e. The van der Waals surface area contributed by atoms with Gasteiger partial charge in [0.2, 0.25) is 0 Å². The van der Waals surface area contributed by atoms with Crippen LogP contribution in [-0.2, 0) is 13.2 Å². The van der Waals surface area contributed by atoms with Crippen LogP contribution in [0.4, 0.5) is 5.69 Å². The lowest BCUT2D eigenvalue weighted by atomic mass is 10.2. The fourth-order valence-corrected chi connectivity index (χ4v) is 4.19. The Morgan fingerprint density at radius 1 is 0.966 bits per heavy atom. The van der Waals surface area contributed by atoms with Crippen molar-refractivity contribution in [1.29, 1.82) is 0 Å². The highest BCUT2D eigenvalue weighted by Gasteiger charge is 2.13. The van der Waals surface area contributed by atoms with Crippen LogP contribution in [0.3, 0.4) is 0 Å². The van der Waals surface area contributed by atoms with Gasteiger partial charge >= 0.3 is 0 Å². The van der Waals surface area contributed by atoms with E-state index in [9.17, 15) is 0 Å². The van der Waals surface area contributed by atoms with Gasteiger partial charge in [-0.1, -0.05) is 39.7 Å². The first kappa shape index (κ1) is 22.7. The molecule has 0 aliphatic carbocycles. The van der Waals surface area contributed by atoms with Gasteiger partial charge in [0.15, 0.2) is 11.5 Å². The molecular formula is C22H19Br2ClINO2. The first-order valence-electron chi connectivity index (χ1n) is 8.97. The molecule has 3 nitrogen and oxygen atoms in total. The molecule has 0 heterocycles. The van der Waals surface area contributed by atoms with E-state index in [0.717, 1.165) is 40.8 Å². The van der Waals surface area contributed by atoms with Crippen molar-refractivity contribution in [2.75, 3.05) is 11.9 Å². The van der Waals surface area contributed by atoms with Gasteiger partial charge in [0.1, 0.15) is 6.61 Å². The zero-order valence-corrected chi connectivity index (χ0v) is 21.7. The van der Waals surface area contributed by atoms with Crippen LogP contribution < -0.4 is 14.8 Å². The average molecular weight is 652 g/mol. The second kappa shape index (κ2) is 10.9. The molecular weight excluding hydrogens is 632 g/mol. The van der Waals surface area contributed by atoms with Crippen LogP contribution >= 0.6 is 66.1 Å². The van der Waals surface area contributed by atoms with E-state index < -0.39 is 0 Å². The third-order valence-electron chi connectivity index (χ3n) is 4.08. The molecule has 0 aliphatic heterocycles. The molecule has 3 aromatic rings. The molecule has 3 rings (SSSR count). The summed E-state index contributed by atoms with van der Waals surface area (Å²) in [4.78, 5) is 0. The van der Waals surface area contributed by atoms with Crippen molar-refractivity contribution < 1.29 is 9.47 Å². The maximum Gasteiger partial charge on any atom is 0.174 e. The maximum absolute atomic E-state index is 6.17. The van der Waals surface area contributed by atoms with Crippen molar-refractivity contribution >= 4 is 71.7 Å². The summed E-state index contributed by atoms with van der Waals surface area (Å²) in [5.41, 5.74) is 3.17. The molecule has 0 fully saturated rings. The predicted molar refractivity (Wildman–Crippen MR) is 135 cm³/mol. The van der Waals surface area contributed by atoms with E-state index in [4.69, 9.17) is 21.1 Å². The number of benzene rings is 3. The van der Waals surface area contributed by atoms with Gasteiger partial charge in [-0.25, -0.2) is 0 Å². The third-order valence-corrected chi connectivity index (χ3v) is 6.64. The Labute approximate surface area is 206 Å². The standard InChI is InChI=1S/C22H19Br2ClINO2/c1-2-28-21-10-15(12-27-17-7-8-18(24)19(25)11-17)9-20(26)22(21)29-13-14-3-5-16(23)6-4-14/h3-11,27H,2,12-13H2,1H3. The van der Waals surface area contributed by atoms with Crippen LogP contribution in [0.15, 0.2) is 63.5 Å². The molecule has 0 spiro atoms. The van der Waals surface area contributed by atoms with E-state index in [1.807, 2.05) is 55.5 Å². The Kier molecular flexibility index (Phi) is 8.53. The lowest BCUT2D eigenvalue weighted by Crippen LogP contribution is -2.05. The SMILES string of the molecule is CCOc1cc(CNc2ccc(Br)c(Cl)c2)cc(I)c1OCc1ccc(Br)cc1. The second-order valence-corrected chi connectivity index (χ2v) is 9.57. The maximum atomic E-state index is 6.17. The Balaban J connectivity index is 1.74. The summed E-state index contributed by atoms with van der Waals surface area (Å²) < 4.78 is 14.9. The average Bonchev–Trinajstić information content (AvgIpc) is 2.70. The molecule has 152 valence electrons. The Hall–Kier alpha value is -0.960. The molecule has 0 saturated heterocycles. The molecule has 0 saturated carbocycles. The number of ether oxygens (including phenoxy) is 2. The molecule has 0 aromatic heterocycles. The quantitative estimate of drug-likeness (QED) is 0.250. The molecule has 7 heteroatoms. The molecule has 0 aliphatic rings. The first-order valence-corrected chi connectivity index (χ1v) is 12.0. The number of nitrogens with one attached hydrogen (secondary N) is 1. The van der Waals surface area contributed by atoms with E-state index in [2.05, 4.69) is 65.8 Å². The topological polar surface area (TPSA) is 30.5 Å². The van der Waals surface area contributed by atoms with Crippen LogP contribution in [0, 0.1) is 3.57 Å².